The molecule has 2 aromatic heterocycles. The van der Waals surface area contributed by atoms with E-state index in [4.69, 9.17) is 0 Å². The molecule has 1 aromatic carbocycles. The Morgan fingerprint density at radius 3 is 2.61 bits per heavy atom. The van der Waals surface area contributed by atoms with Gasteiger partial charge in [-0.3, -0.25) is 9.58 Å². The van der Waals surface area contributed by atoms with Gasteiger partial charge in [-0.15, -0.1) is 0 Å². The Hall–Kier alpha value is -3.27. The van der Waals surface area contributed by atoms with E-state index < -0.39 is 11.6 Å². The van der Waals surface area contributed by atoms with Gasteiger partial charge in [0, 0.05) is 50.9 Å². The maximum Gasteiger partial charge on any atom is 0.229 e. The predicted octanol–water partition coefficient (Wildman–Crippen LogP) is 3.47. The topological polar surface area (TPSA) is 65.3 Å². The summed E-state index contributed by atoms with van der Waals surface area (Å²) in [4.78, 5) is 14.7. The van der Waals surface area contributed by atoms with Crippen molar-refractivity contribution in [2.24, 2.45) is 0 Å². The molecule has 0 radical (unpaired) electrons. The molecule has 5 rings (SSSR count). The lowest BCUT2D eigenvalue weighted by molar-refractivity contribution is 0.259. The van der Waals surface area contributed by atoms with Gasteiger partial charge in [0.25, 0.3) is 0 Å². The van der Waals surface area contributed by atoms with Crippen molar-refractivity contribution in [3.63, 3.8) is 0 Å². The summed E-state index contributed by atoms with van der Waals surface area (Å²) in [5.41, 5.74) is 2.78. The molecule has 0 spiro atoms. The second kappa shape index (κ2) is 8.26. The van der Waals surface area contributed by atoms with E-state index in [2.05, 4.69) is 51.1 Å². The molecule has 10 heteroatoms. The summed E-state index contributed by atoms with van der Waals surface area (Å²) in [5, 5.41) is 7.62. The van der Waals surface area contributed by atoms with E-state index in [-0.39, 0.29) is 17.7 Å². The maximum atomic E-state index is 15.2. The van der Waals surface area contributed by atoms with Crippen molar-refractivity contribution >= 4 is 23.1 Å². The van der Waals surface area contributed by atoms with Gasteiger partial charge in [0.2, 0.25) is 5.95 Å². The molecule has 2 aliphatic rings. The van der Waals surface area contributed by atoms with Crippen LogP contribution >= 0.6 is 0 Å². The van der Waals surface area contributed by atoms with Gasteiger partial charge in [0.05, 0.1) is 29.8 Å². The van der Waals surface area contributed by atoms with E-state index >= 15 is 4.39 Å². The first-order valence-electron chi connectivity index (χ1n) is 11.2. The zero-order valence-electron chi connectivity index (χ0n) is 19.3. The number of hydrogen-bond donors (Lipinski definition) is 1. The highest BCUT2D eigenvalue weighted by Gasteiger charge is 2.27. The number of rotatable bonds is 4. The molecule has 0 aliphatic carbocycles. The minimum absolute atomic E-state index is 0.0508. The molecule has 1 N–H and O–H groups in total. The van der Waals surface area contributed by atoms with Crippen LogP contribution in [-0.4, -0.2) is 64.4 Å². The molecule has 0 bridgehead atoms. The number of anilines is 4. The molecule has 33 heavy (non-hydrogen) atoms. The molecular weight excluding hydrogens is 426 g/mol. The minimum atomic E-state index is -0.606. The van der Waals surface area contributed by atoms with E-state index in [0.29, 0.717) is 17.1 Å². The number of nitrogens with one attached hydrogen (secondary N) is 1. The second-order valence-corrected chi connectivity index (χ2v) is 9.03. The normalized spacial score (nSPS) is 16.2. The molecule has 0 atom stereocenters. The number of halogens is 2. The number of fused-ring (bicyclic) bond motifs is 2. The van der Waals surface area contributed by atoms with E-state index in [0.717, 1.165) is 50.3 Å². The Bertz CT molecular complexity index is 1190. The fourth-order valence-corrected chi connectivity index (χ4v) is 4.55. The van der Waals surface area contributed by atoms with Crippen LogP contribution in [0, 0.1) is 11.6 Å². The summed E-state index contributed by atoms with van der Waals surface area (Å²) >= 11 is 0. The summed E-state index contributed by atoms with van der Waals surface area (Å²) in [6, 6.07) is 5.29. The van der Waals surface area contributed by atoms with Gasteiger partial charge < -0.3 is 15.1 Å². The molecule has 8 nitrogen and oxygen atoms in total. The highest BCUT2D eigenvalue weighted by Crippen LogP contribution is 2.39. The Morgan fingerprint density at radius 2 is 1.82 bits per heavy atom. The van der Waals surface area contributed by atoms with Crippen molar-refractivity contribution in [2.45, 2.75) is 33.0 Å². The van der Waals surface area contributed by atoms with Gasteiger partial charge >= 0.3 is 0 Å². The van der Waals surface area contributed by atoms with Crippen LogP contribution in [0.3, 0.4) is 0 Å². The zero-order chi connectivity index (χ0) is 23.3. The maximum absolute atomic E-state index is 15.2. The van der Waals surface area contributed by atoms with Crippen molar-refractivity contribution in [1.29, 1.82) is 0 Å². The molecular formula is C23H28F2N8. The zero-order valence-corrected chi connectivity index (χ0v) is 19.3. The number of aromatic nitrogens is 4. The fraction of sp³-hybridized carbons (Fsp3) is 0.435. The lowest BCUT2D eigenvalue weighted by Gasteiger charge is -2.39. The van der Waals surface area contributed by atoms with Crippen LogP contribution in [-0.2, 0) is 13.1 Å². The highest BCUT2D eigenvalue weighted by molar-refractivity contribution is 5.80. The monoisotopic (exact) mass is 454 g/mol. The van der Waals surface area contributed by atoms with Gasteiger partial charge in [-0.05, 0) is 33.0 Å². The summed E-state index contributed by atoms with van der Waals surface area (Å²) in [7, 11) is 3.93. The average Bonchev–Trinajstić information content (AvgIpc) is 3.16. The third-order valence-corrected chi connectivity index (χ3v) is 6.28. The van der Waals surface area contributed by atoms with Gasteiger partial charge in [0.1, 0.15) is 11.5 Å². The van der Waals surface area contributed by atoms with Crippen molar-refractivity contribution in [3.05, 3.63) is 41.7 Å². The molecule has 174 valence electrons. The number of likely N-dealkylation sites (N-methyl/N-ethyl adjacent to an activating group) is 2. The van der Waals surface area contributed by atoms with Crippen molar-refractivity contribution in [1.82, 2.24) is 24.6 Å². The summed E-state index contributed by atoms with van der Waals surface area (Å²) in [6.45, 7) is 8.16. The third-order valence-electron chi connectivity index (χ3n) is 6.28. The van der Waals surface area contributed by atoms with Crippen LogP contribution in [0.5, 0.6) is 0 Å². The van der Waals surface area contributed by atoms with Crippen LogP contribution in [0.25, 0.3) is 11.3 Å². The Labute approximate surface area is 191 Å². The van der Waals surface area contributed by atoms with Crippen LogP contribution in [0.4, 0.5) is 31.9 Å². The van der Waals surface area contributed by atoms with Crippen molar-refractivity contribution in [3.8, 4) is 11.3 Å². The smallest absolute Gasteiger partial charge is 0.229 e. The number of benzene rings is 1. The predicted molar refractivity (Wildman–Crippen MR) is 125 cm³/mol. The minimum Gasteiger partial charge on any atom is -0.369 e. The lowest BCUT2D eigenvalue weighted by atomic mass is 10.0. The largest absolute Gasteiger partial charge is 0.369 e. The molecule has 0 amide bonds. The quantitative estimate of drug-likeness (QED) is 0.648. The number of hydrogen-bond acceptors (Lipinski definition) is 7. The van der Waals surface area contributed by atoms with Gasteiger partial charge in [0.15, 0.2) is 11.6 Å². The fourth-order valence-electron chi connectivity index (χ4n) is 4.55. The van der Waals surface area contributed by atoms with Crippen LogP contribution in [0.2, 0.25) is 0 Å². The average molecular weight is 455 g/mol. The van der Waals surface area contributed by atoms with Gasteiger partial charge in [-0.1, -0.05) is 0 Å². The van der Waals surface area contributed by atoms with Crippen molar-refractivity contribution in [2.75, 3.05) is 48.8 Å². The second-order valence-electron chi connectivity index (χ2n) is 9.03. The van der Waals surface area contributed by atoms with Gasteiger partial charge in [-0.2, -0.15) is 5.10 Å². The van der Waals surface area contributed by atoms with E-state index in [9.17, 15) is 4.39 Å². The molecule has 3 aromatic rings. The van der Waals surface area contributed by atoms with E-state index in [1.54, 1.807) is 0 Å². The summed E-state index contributed by atoms with van der Waals surface area (Å²) in [5.74, 6) is -0.187. The Balaban J connectivity index is 1.50. The van der Waals surface area contributed by atoms with E-state index in [1.807, 2.05) is 28.8 Å². The Kier molecular flexibility index (Phi) is 5.40. The third kappa shape index (κ3) is 3.99. The van der Waals surface area contributed by atoms with Crippen LogP contribution in [0.15, 0.2) is 24.4 Å². The van der Waals surface area contributed by atoms with Crippen LogP contribution < -0.4 is 15.1 Å². The molecule has 0 fully saturated rings. The molecule has 4 heterocycles. The summed E-state index contributed by atoms with van der Waals surface area (Å²) < 4.78 is 31.9. The number of nitrogens with zero attached hydrogens (tertiary/aromatic N) is 7. The van der Waals surface area contributed by atoms with Crippen LogP contribution in [0.1, 0.15) is 19.5 Å². The van der Waals surface area contributed by atoms with Crippen molar-refractivity contribution < 1.29 is 8.78 Å². The molecule has 0 saturated heterocycles. The molecule has 2 aliphatic heterocycles. The lowest BCUT2D eigenvalue weighted by Crippen LogP contribution is -2.43. The first kappa shape index (κ1) is 21.6. The summed E-state index contributed by atoms with van der Waals surface area (Å²) in [6.07, 6.45) is 1.11. The Morgan fingerprint density at radius 1 is 1.00 bits per heavy atom. The molecule has 0 unspecified atom stereocenters. The first-order valence-corrected chi connectivity index (χ1v) is 11.2. The standard InChI is InChI=1S/C23H28F2N8/c1-14(2)32-7-6-31(4)22-17(24)9-15(10-19(22)32)21-18(25)12-26-23(28-21)27-20-11-16-13-30(3)5-8-33(16)29-20/h9-12,14H,5-8,13H2,1-4H3,(H,26,27,28,29). The van der Waals surface area contributed by atoms with E-state index in [1.165, 1.54) is 6.07 Å². The van der Waals surface area contributed by atoms with Gasteiger partial charge in [-0.25, -0.2) is 18.7 Å². The highest BCUT2D eigenvalue weighted by atomic mass is 19.1. The first-order chi connectivity index (χ1) is 15.8. The SMILES string of the molecule is CC(C)N1CCN(C)c2c(F)cc(-c3nc(Nc4cc5n(n4)CCN(C)C5)ncc3F)cc21. The molecule has 0 saturated carbocycles.